The summed E-state index contributed by atoms with van der Waals surface area (Å²) in [6.45, 7) is 10.8. The molecule has 0 unspecified atom stereocenters. The SMILES string of the molecule is CC(C)c1ccc(NC(=O)c2cnc(Nc3ccccc3C(C)(C)C)nc2)cc1. The second kappa shape index (κ2) is 8.43. The fraction of sp³-hybridized carbons (Fsp3) is 0.292. The van der Waals surface area contributed by atoms with Crippen LogP contribution in [0.3, 0.4) is 0 Å². The smallest absolute Gasteiger partial charge is 0.258 e. The van der Waals surface area contributed by atoms with E-state index < -0.39 is 0 Å². The minimum absolute atomic E-state index is 0.00542. The number of benzene rings is 2. The minimum atomic E-state index is -0.232. The van der Waals surface area contributed by atoms with Gasteiger partial charge < -0.3 is 10.6 Å². The molecule has 0 radical (unpaired) electrons. The third-order valence-electron chi connectivity index (χ3n) is 4.73. The summed E-state index contributed by atoms with van der Waals surface area (Å²) in [7, 11) is 0. The number of carbonyl (C=O) groups is 1. The van der Waals surface area contributed by atoms with Crippen LogP contribution in [0.1, 0.15) is 62.0 Å². The molecule has 0 saturated heterocycles. The van der Waals surface area contributed by atoms with Gasteiger partial charge in [0, 0.05) is 23.8 Å². The number of nitrogens with zero attached hydrogens (tertiary/aromatic N) is 2. The zero-order chi connectivity index (χ0) is 21.0. The van der Waals surface area contributed by atoms with Crippen LogP contribution in [0.5, 0.6) is 0 Å². The van der Waals surface area contributed by atoms with Gasteiger partial charge in [-0.25, -0.2) is 9.97 Å². The van der Waals surface area contributed by atoms with Crippen molar-refractivity contribution in [3.05, 3.63) is 77.6 Å². The van der Waals surface area contributed by atoms with Crippen molar-refractivity contribution in [1.82, 2.24) is 9.97 Å². The molecule has 0 saturated carbocycles. The highest BCUT2D eigenvalue weighted by molar-refractivity contribution is 6.03. The van der Waals surface area contributed by atoms with E-state index in [1.807, 2.05) is 42.5 Å². The molecule has 1 aromatic heterocycles. The predicted molar refractivity (Wildman–Crippen MR) is 119 cm³/mol. The Labute approximate surface area is 172 Å². The summed E-state index contributed by atoms with van der Waals surface area (Å²) in [6, 6.07) is 16.0. The van der Waals surface area contributed by atoms with Crippen LogP contribution in [-0.2, 0) is 5.41 Å². The third-order valence-corrected chi connectivity index (χ3v) is 4.73. The Hall–Kier alpha value is -3.21. The minimum Gasteiger partial charge on any atom is -0.324 e. The molecule has 0 aliphatic rings. The standard InChI is InChI=1S/C24H28N4O/c1-16(2)17-10-12-19(13-11-17)27-22(29)18-14-25-23(26-15-18)28-21-9-7-6-8-20(21)24(3,4)5/h6-16H,1-5H3,(H,27,29)(H,25,26,28). The Morgan fingerprint density at radius 2 is 1.55 bits per heavy atom. The highest BCUT2D eigenvalue weighted by Gasteiger charge is 2.18. The van der Waals surface area contributed by atoms with E-state index in [0.29, 0.717) is 17.4 Å². The quantitative estimate of drug-likeness (QED) is 0.571. The van der Waals surface area contributed by atoms with Crippen LogP contribution in [0, 0.1) is 0 Å². The molecule has 3 rings (SSSR count). The number of hydrogen-bond donors (Lipinski definition) is 2. The first-order valence-electron chi connectivity index (χ1n) is 9.84. The Kier molecular flexibility index (Phi) is 5.97. The van der Waals surface area contributed by atoms with E-state index >= 15 is 0 Å². The first-order valence-corrected chi connectivity index (χ1v) is 9.84. The normalized spacial score (nSPS) is 11.4. The van der Waals surface area contributed by atoms with Crippen LogP contribution >= 0.6 is 0 Å². The summed E-state index contributed by atoms with van der Waals surface area (Å²) in [5.41, 5.74) is 4.53. The molecule has 2 N–H and O–H groups in total. The second-order valence-corrected chi connectivity index (χ2v) is 8.45. The second-order valence-electron chi connectivity index (χ2n) is 8.45. The molecule has 2 aromatic carbocycles. The fourth-order valence-corrected chi connectivity index (χ4v) is 3.03. The maximum absolute atomic E-state index is 12.5. The topological polar surface area (TPSA) is 66.9 Å². The van der Waals surface area contributed by atoms with Gasteiger partial charge in [-0.3, -0.25) is 4.79 Å². The van der Waals surface area contributed by atoms with E-state index in [1.54, 1.807) is 0 Å². The van der Waals surface area contributed by atoms with Crippen molar-refractivity contribution in [1.29, 1.82) is 0 Å². The van der Waals surface area contributed by atoms with Crippen LogP contribution in [0.2, 0.25) is 0 Å². The van der Waals surface area contributed by atoms with Gasteiger partial charge in [-0.1, -0.05) is 65.0 Å². The van der Waals surface area contributed by atoms with Gasteiger partial charge >= 0.3 is 0 Å². The van der Waals surface area contributed by atoms with Gasteiger partial charge in [0.15, 0.2) is 0 Å². The molecule has 150 valence electrons. The average molecular weight is 389 g/mol. The van der Waals surface area contributed by atoms with E-state index in [-0.39, 0.29) is 11.3 Å². The molecule has 5 nitrogen and oxygen atoms in total. The Bertz CT molecular complexity index is 971. The van der Waals surface area contributed by atoms with Crippen molar-refractivity contribution < 1.29 is 4.79 Å². The molecule has 0 spiro atoms. The number of aromatic nitrogens is 2. The van der Waals surface area contributed by atoms with E-state index in [2.05, 4.69) is 61.3 Å². The molecule has 1 amide bonds. The summed E-state index contributed by atoms with van der Waals surface area (Å²) < 4.78 is 0. The number of carbonyl (C=O) groups excluding carboxylic acids is 1. The summed E-state index contributed by atoms with van der Waals surface area (Å²) >= 11 is 0. The van der Waals surface area contributed by atoms with Gasteiger partial charge in [-0.2, -0.15) is 0 Å². The van der Waals surface area contributed by atoms with E-state index in [0.717, 1.165) is 11.4 Å². The zero-order valence-electron chi connectivity index (χ0n) is 17.7. The number of hydrogen-bond acceptors (Lipinski definition) is 4. The number of anilines is 3. The largest absolute Gasteiger partial charge is 0.324 e. The van der Waals surface area contributed by atoms with Gasteiger partial charge in [0.25, 0.3) is 5.91 Å². The first-order chi connectivity index (χ1) is 13.7. The maximum atomic E-state index is 12.5. The maximum Gasteiger partial charge on any atom is 0.258 e. The lowest BCUT2D eigenvalue weighted by atomic mass is 9.86. The lowest BCUT2D eigenvalue weighted by Crippen LogP contribution is -2.15. The van der Waals surface area contributed by atoms with Crippen molar-refractivity contribution in [2.24, 2.45) is 0 Å². The number of para-hydroxylation sites is 1. The highest BCUT2D eigenvalue weighted by Crippen LogP contribution is 2.30. The van der Waals surface area contributed by atoms with Crippen LogP contribution in [-0.4, -0.2) is 15.9 Å². The molecule has 3 aromatic rings. The Morgan fingerprint density at radius 1 is 0.931 bits per heavy atom. The molecule has 0 aliphatic heterocycles. The zero-order valence-corrected chi connectivity index (χ0v) is 17.7. The van der Waals surface area contributed by atoms with Crippen LogP contribution in [0.15, 0.2) is 60.9 Å². The van der Waals surface area contributed by atoms with Crippen molar-refractivity contribution in [3.8, 4) is 0 Å². The molecule has 1 heterocycles. The predicted octanol–water partition coefficient (Wildman–Crippen LogP) is 5.89. The third kappa shape index (κ3) is 5.19. The van der Waals surface area contributed by atoms with Crippen molar-refractivity contribution in [2.45, 2.75) is 46.0 Å². The van der Waals surface area contributed by atoms with Crippen LogP contribution < -0.4 is 10.6 Å². The number of nitrogens with one attached hydrogen (secondary N) is 2. The molecule has 0 fully saturated rings. The van der Waals surface area contributed by atoms with Crippen molar-refractivity contribution in [2.75, 3.05) is 10.6 Å². The van der Waals surface area contributed by atoms with Gasteiger partial charge in [-0.05, 0) is 40.7 Å². The Morgan fingerprint density at radius 3 is 2.14 bits per heavy atom. The molecule has 5 heteroatoms. The molecule has 0 atom stereocenters. The molecular formula is C24H28N4O. The van der Waals surface area contributed by atoms with Crippen molar-refractivity contribution in [3.63, 3.8) is 0 Å². The van der Waals surface area contributed by atoms with Crippen LogP contribution in [0.25, 0.3) is 0 Å². The monoisotopic (exact) mass is 388 g/mol. The Balaban J connectivity index is 1.70. The summed E-state index contributed by atoms with van der Waals surface area (Å²) in [6.07, 6.45) is 3.07. The van der Waals surface area contributed by atoms with E-state index in [9.17, 15) is 4.79 Å². The molecular weight excluding hydrogens is 360 g/mol. The lowest BCUT2D eigenvalue weighted by molar-refractivity contribution is 0.102. The van der Waals surface area contributed by atoms with Gasteiger partial charge in [0.2, 0.25) is 5.95 Å². The highest BCUT2D eigenvalue weighted by atomic mass is 16.1. The molecule has 29 heavy (non-hydrogen) atoms. The fourth-order valence-electron chi connectivity index (χ4n) is 3.03. The number of rotatable bonds is 5. The lowest BCUT2D eigenvalue weighted by Gasteiger charge is -2.22. The molecule has 0 bridgehead atoms. The summed E-state index contributed by atoms with van der Waals surface area (Å²) in [4.78, 5) is 21.1. The van der Waals surface area contributed by atoms with Gasteiger partial charge in [0.05, 0.1) is 5.56 Å². The average Bonchev–Trinajstić information content (AvgIpc) is 2.68. The summed E-state index contributed by atoms with van der Waals surface area (Å²) in [5.74, 6) is 0.681. The van der Waals surface area contributed by atoms with E-state index in [1.165, 1.54) is 23.5 Å². The van der Waals surface area contributed by atoms with Crippen LogP contribution in [0.4, 0.5) is 17.3 Å². The van der Waals surface area contributed by atoms with Crippen molar-refractivity contribution >= 4 is 23.2 Å². The molecule has 0 aliphatic carbocycles. The van der Waals surface area contributed by atoms with Gasteiger partial charge in [-0.15, -0.1) is 0 Å². The number of amides is 1. The van der Waals surface area contributed by atoms with E-state index in [4.69, 9.17) is 0 Å². The first kappa shape index (κ1) is 20.5. The van der Waals surface area contributed by atoms with Gasteiger partial charge in [0.1, 0.15) is 0 Å². The summed E-state index contributed by atoms with van der Waals surface area (Å²) in [5, 5.41) is 6.14.